The van der Waals surface area contributed by atoms with Gasteiger partial charge >= 0.3 is 5.97 Å². The van der Waals surface area contributed by atoms with Crippen molar-refractivity contribution in [1.29, 1.82) is 0 Å². The van der Waals surface area contributed by atoms with Gasteiger partial charge in [-0.25, -0.2) is 0 Å². The van der Waals surface area contributed by atoms with Gasteiger partial charge in [-0.1, -0.05) is 0 Å². The van der Waals surface area contributed by atoms with E-state index < -0.39 is 12.1 Å². The summed E-state index contributed by atoms with van der Waals surface area (Å²) in [5.41, 5.74) is 0.658. The Balaban J connectivity index is 1.97. The van der Waals surface area contributed by atoms with E-state index in [0.29, 0.717) is 25.3 Å². The monoisotopic (exact) mass is 255 g/mol. The molecule has 1 aromatic heterocycles. The SMILES string of the molecule is O=C(O)C[C@H]1CN(C(=O)c2ccsc2)CCO1. The highest BCUT2D eigenvalue weighted by Gasteiger charge is 2.26. The molecule has 1 aliphatic heterocycles. The van der Waals surface area contributed by atoms with Crippen LogP contribution in [0.4, 0.5) is 0 Å². The minimum Gasteiger partial charge on any atom is -0.481 e. The Bertz CT molecular complexity index is 404. The number of ether oxygens (including phenoxy) is 1. The average Bonchev–Trinajstić information content (AvgIpc) is 2.81. The van der Waals surface area contributed by atoms with Crippen molar-refractivity contribution in [3.8, 4) is 0 Å². The first-order valence-corrected chi connectivity index (χ1v) is 6.26. The van der Waals surface area contributed by atoms with Crippen LogP contribution in [0.25, 0.3) is 0 Å². The molecule has 1 atom stereocenters. The van der Waals surface area contributed by atoms with Crippen LogP contribution in [0.1, 0.15) is 16.8 Å². The fourth-order valence-electron chi connectivity index (χ4n) is 1.79. The standard InChI is InChI=1S/C11H13NO4S/c13-10(14)5-9-6-12(2-3-16-9)11(15)8-1-4-17-7-8/h1,4,7,9H,2-3,5-6H2,(H,13,14)/t9-/m0/s1. The van der Waals surface area contributed by atoms with Crippen LogP contribution in [0.2, 0.25) is 0 Å². The minimum atomic E-state index is -0.903. The van der Waals surface area contributed by atoms with Crippen molar-refractivity contribution in [1.82, 2.24) is 4.90 Å². The second-order valence-electron chi connectivity index (χ2n) is 3.85. The molecule has 1 fully saturated rings. The van der Waals surface area contributed by atoms with Crippen LogP contribution in [0, 0.1) is 0 Å². The Morgan fingerprint density at radius 2 is 2.41 bits per heavy atom. The quantitative estimate of drug-likeness (QED) is 0.877. The number of aliphatic carboxylic acids is 1. The van der Waals surface area contributed by atoms with Gasteiger partial charge in [-0.15, -0.1) is 0 Å². The summed E-state index contributed by atoms with van der Waals surface area (Å²) in [4.78, 5) is 24.3. The van der Waals surface area contributed by atoms with Crippen LogP contribution in [-0.4, -0.2) is 47.7 Å². The highest BCUT2D eigenvalue weighted by atomic mass is 32.1. The lowest BCUT2D eigenvalue weighted by atomic mass is 10.2. The molecule has 6 heteroatoms. The topological polar surface area (TPSA) is 66.8 Å². The van der Waals surface area contributed by atoms with Crippen LogP contribution < -0.4 is 0 Å². The van der Waals surface area contributed by atoms with Crippen molar-refractivity contribution in [2.75, 3.05) is 19.7 Å². The number of carboxylic acid groups (broad SMARTS) is 1. The molecule has 0 bridgehead atoms. The molecular weight excluding hydrogens is 242 g/mol. The summed E-state index contributed by atoms with van der Waals surface area (Å²) in [6.45, 7) is 1.26. The Hall–Kier alpha value is -1.40. The molecule has 0 radical (unpaired) electrons. The fourth-order valence-corrected chi connectivity index (χ4v) is 2.42. The van der Waals surface area contributed by atoms with Crippen LogP contribution in [-0.2, 0) is 9.53 Å². The van der Waals surface area contributed by atoms with E-state index in [1.165, 1.54) is 11.3 Å². The summed E-state index contributed by atoms with van der Waals surface area (Å²) in [6, 6.07) is 1.77. The molecule has 2 heterocycles. The normalized spacial score (nSPS) is 20.2. The van der Waals surface area contributed by atoms with Gasteiger partial charge in [-0.05, 0) is 11.4 Å². The van der Waals surface area contributed by atoms with E-state index in [0.717, 1.165) is 0 Å². The lowest BCUT2D eigenvalue weighted by Crippen LogP contribution is -2.46. The van der Waals surface area contributed by atoms with Crippen LogP contribution >= 0.6 is 11.3 Å². The average molecular weight is 255 g/mol. The summed E-state index contributed by atoms with van der Waals surface area (Å²) in [6.07, 6.45) is -0.461. The molecule has 0 spiro atoms. The molecule has 5 nitrogen and oxygen atoms in total. The zero-order valence-corrected chi connectivity index (χ0v) is 9.98. The maximum atomic E-state index is 12.0. The lowest BCUT2D eigenvalue weighted by molar-refractivity contribution is -0.141. The zero-order valence-electron chi connectivity index (χ0n) is 9.17. The van der Waals surface area contributed by atoms with E-state index in [1.54, 1.807) is 16.3 Å². The molecule has 0 aliphatic carbocycles. The van der Waals surface area contributed by atoms with E-state index in [1.807, 2.05) is 5.38 Å². The number of thiophene rings is 1. The van der Waals surface area contributed by atoms with Gasteiger partial charge in [0.25, 0.3) is 5.91 Å². The zero-order chi connectivity index (χ0) is 12.3. The van der Waals surface area contributed by atoms with Gasteiger partial charge in [0.1, 0.15) is 0 Å². The predicted octanol–water partition coefficient (Wildman–Crippen LogP) is 1.06. The molecule has 1 saturated heterocycles. The lowest BCUT2D eigenvalue weighted by Gasteiger charge is -2.32. The summed E-state index contributed by atoms with van der Waals surface area (Å²) in [5, 5.41) is 12.3. The van der Waals surface area contributed by atoms with E-state index >= 15 is 0 Å². The molecule has 1 amide bonds. The first-order chi connectivity index (χ1) is 8.16. The summed E-state index contributed by atoms with van der Waals surface area (Å²) < 4.78 is 5.31. The van der Waals surface area contributed by atoms with Crippen molar-refractivity contribution >= 4 is 23.2 Å². The first kappa shape index (κ1) is 12.1. The number of hydrogen-bond acceptors (Lipinski definition) is 4. The number of amides is 1. The maximum Gasteiger partial charge on any atom is 0.306 e. The smallest absolute Gasteiger partial charge is 0.306 e. The van der Waals surface area contributed by atoms with Crippen molar-refractivity contribution < 1.29 is 19.4 Å². The Morgan fingerprint density at radius 1 is 1.59 bits per heavy atom. The molecule has 0 aromatic carbocycles. The second-order valence-corrected chi connectivity index (χ2v) is 4.63. The number of carbonyl (C=O) groups is 2. The van der Waals surface area contributed by atoms with E-state index in [4.69, 9.17) is 9.84 Å². The van der Waals surface area contributed by atoms with Gasteiger partial charge < -0.3 is 14.7 Å². The summed E-state index contributed by atoms with van der Waals surface area (Å²) in [7, 11) is 0. The van der Waals surface area contributed by atoms with Gasteiger partial charge in [0.15, 0.2) is 0 Å². The number of hydrogen-bond donors (Lipinski definition) is 1. The molecule has 1 aromatic rings. The highest BCUT2D eigenvalue weighted by molar-refractivity contribution is 7.08. The number of carbonyl (C=O) groups excluding carboxylic acids is 1. The molecule has 1 aliphatic rings. The molecule has 0 saturated carbocycles. The van der Waals surface area contributed by atoms with E-state index in [9.17, 15) is 9.59 Å². The van der Waals surface area contributed by atoms with Gasteiger partial charge in [0, 0.05) is 18.5 Å². The largest absolute Gasteiger partial charge is 0.481 e. The van der Waals surface area contributed by atoms with Crippen molar-refractivity contribution in [2.45, 2.75) is 12.5 Å². The number of morpholine rings is 1. The molecule has 0 unspecified atom stereocenters. The summed E-state index contributed by atoms with van der Waals surface area (Å²) in [5.74, 6) is -0.954. The van der Waals surface area contributed by atoms with Crippen LogP contribution in [0.3, 0.4) is 0 Å². The van der Waals surface area contributed by atoms with Gasteiger partial charge in [0.2, 0.25) is 0 Å². The Labute approximate surface area is 103 Å². The molecular formula is C11H13NO4S. The molecule has 1 N–H and O–H groups in total. The second kappa shape index (κ2) is 5.29. The van der Waals surface area contributed by atoms with Crippen LogP contribution in [0.5, 0.6) is 0 Å². The number of rotatable bonds is 3. The van der Waals surface area contributed by atoms with Gasteiger partial charge in [-0.3, -0.25) is 9.59 Å². The minimum absolute atomic E-state index is 0.0510. The maximum absolute atomic E-state index is 12.0. The third-order valence-corrected chi connectivity index (χ3v) is 3.28. The molecule has 92 valence electrons. The van der Waals surface area contributed by atoms with Gasteiger partial charge in [0.05, 0.1) is 24.7 Å². The van der Waals surface area contributed by atoms with Crippen molar-refractivity contribution in [3.63, 3.8) is 0 Å². The van der Waals surface area contributed by atoms with E-state index in [2.05, 4.69) is 0 Å². The third kappa shape index (κ3) is 3.04. The molecule has 17 heavy (non-hydrogen) atoms. The first-order valence-electron chi connectivity index (χ1n) is 5.31. The number of carboxylic acids is 1. The predicted molar refractivity (Wildman–Crippen MR) is 62.2 cm³/mol. The summed E-state index contributed by atoms with van der Waals surface area (Å²) >= 11 is 1.47. The fraction of sp³-hybridized carbons (Fsp3) is 0.455. The van der Waals surface area contributed by atoms with Crippen molar-refractivity contribution in [3.05, 3.63) is 22.4 Å². The van der Waals surface area contributed by atoms with Gasteiger partial charge in [-0.2, -0.15) is 11.3 Å². The Kier molecular flexibility index (Phi) is 3.75. The van der Waals surface area contributed by atoms with E-state index in [-0.39, 0.29) is 12.3 Å². The Morgan fingerprint density at radius 3 is 3.06 bits per heavy atom. The molecule has 2 rings (SSSR count). The van der Waals surface area contributed by atoms with Crippen molar-refractivity contribution in [2.24, 2.45) is 0 Å². The van der Waals surface area contributed by atoms with Crippen LogP contribution in [0.15, 0.2) is 16.8 Å². The highest BCUT2D eigenvalue weighted by Crippen LogP contribution is 2.14. The third-order valence-electron chi connectivity index (χ3n) is 2.60. The number of nitrogens with zero attached hydrogens (tertiary/aromatic N) is 1.